The van der Waals surface area contributed by atoms with Gasteiger partial charge >= 0.3 is 0 Å². The number of rotatable bonds is 7. The molecule has 1 fully saturated rings. The van der Waals surface area contributed by atoms with E-state index in [2.05, 4.69) is 4.72 Å². The highest BCUT2D eigenvalue weighted by Crippen LogP contribution is 2.32. The lowest BCUT2D eigenvalue weighted by molar-refractivity contribution is 0.567. The summed E-state index contributed by atoms with van der Waals surface area (Å²) < 4.78 is 26.1. The molecule has 1 saturated carbocycles. The van der Waals surface area contributed by atoms with E-state index in [9.17, 15) is 8.42 Å². The Hall–Kier alpha value is -0.620. The molecule has 1 aromatic rings. The van der Waals surface area contributed by atoms with Crippen molar-refractivity contribution in [2.45, 2.75) is 25.3 Å². The molecule has 1 aliphatic carbocycles. The maximum absolute atomic E-state index is 11.7. The van der Waals surface area contributed by atoms with Gasteiger partial charge < -0.3 is 5.73 Å². The first-order valence-electron chi connectivity index (χ1n) is 6.35. The van der Waals surface area contributed by atoms with Crippen LogP contribution < -0.4 is 10.5 Å². The van der Waals surface area contributed by atoms with Crippen molar-refractivity contribution in [1.29, 1.82) is 0 Å². The minimum absolute atomic E-state index is 0. The summed E-state index contributed by atoms with van der Waals surface area (Å²) in [4.78, 5) is 0. The van der Waals surface area contributed by atoms with E-state index in [1.165, 1.54) is 12.8 Å². The maximum atomic E-state index is 11.7. The van der Waals surface area contributed by atoms with Gasteiger partial charge in [0.1, 0.15) is 0 Å². The molecule has 1 aliphatic rings. The first-order chi connectivity index (χ1) is 8.57. The Balaban J connectivity index is 0.00000180. The normalized spacial score (nSPS) is 16.7. The van der Waals surface area contributed by atoms with Crippen molar-refractivity contribution in [2.24, 2.45) is 11.7 Å². The Kier molecular flexibility index (Phi) is 6.26. The first-order valence-corrected chi connectivity index (χ1v) is 8.00. The van der Waals surface area contributed by atoms with Crippen LogP contribution >= 0.6 is 12.4 Å². The summed E-state index contributed by atoms with van der Waals surface area (Å²) in [5.74, 6) is 0.850. The second-order valence-electron chi connectivity index (χ2n) is 4.92. The fraction of sp³-hybridized carbons (Fsp3) is 0.538. The molecular weight excluding hydrogens is 284 g/mol. The zero-order valence-electron chi connectivity index (χ0n) is 10.8. The Bertz CT molecular complexity index is 475. The van der Waals surface area contributed by atoms with Crippen LogP contribution in [0.5, 0.6) is 0 Å². The summed E-state index contributed by atoms with van der Waals surface area (Å²) in [5, 5.41) is 0. The van der Waals surface area contributed by atoms with Crippen LogP contribution in [0.1, 0.15) is 30.9 Å². The summed E-state index contributed by atoms with van der Waals surface area (Å²) in [6.07, 6.45) is 3.13. The van der Waals surface area contributed by atoms with E-state index in [4.69, 9.17) is 5.73 Å². The van der Waals surface area contributed by atoms with Crippen LogP contribution in [0.25, 0.3) is 0 Å². The first kappa shape index (κ1) is 16.4. The zero-order valence-corrected chi connectivity index (χ0v) is 12.4. The fourth-order valence-corrected chi connectivity index (χ4v) is 3.06. The van der Waals surface area contributed by atoms with Crippen molar-refractivity contribution in [3.63, 3.8) is 0 Å². The van der Waals surface area contributed by atoms with Gasteiger partial charge in [-0.2, -0.15) is 0 Å². The van der Waals surface area contributed by atoms with Crippen molar-refractivity contribution in [2.75, 3.05) is 12.3 Å². The zero-order chi connectivity index (χ0) is 13.0. The average Bonchev–Trinajstić information content (AvgIpc) is 3.19. The molecule has 3 N–H and O–H groups in total. The molecule has 0 aromatic heterocycles. The molecule has 2 rings (SSSR count). The lowest BCUT2D eigenvalue weighted by atomic mass is 10.1. The number of sulfonamides is 1. The van der Waals surface area contributed by atoms with Gasteiger partial charge in [0, 0.05) is 12.6 Å². The third kappa shape index (κ3) is 5.91. The molecule has 108 valence electrons. The number of nitrogens with two attached hydrogens (primary N) is 1. The summed E-state index contributed by atoms with van der Waals surface area (Å²) in [7, 11) is -3.17. The minimum Gasteiger partial charge on any atom is -0.323 e. The number of nitrogens with one attached hydrogen (secondary N) is 1. The predicted molar refractivity (Wildman–Crippen MR) is 79.7 cm³/mol. The van der Waals surface area contributed by atoms with E-state index >= 15 is 0 Å². The Labute approximate surface area is 121 Å². The van der Waals surface area contributed by atoms with Crippen LogP contribution in [0.4, 0.5) is 0 Å². The highest BCUT2D eigenvalue weighted by atomic mass is 35.5. The van der Waals surface area contributed by atoms with Crippen LogP contribution in [0.3, 0.4) is 0 Å². The molecule has 1 aromatic carbocycles. The van der Waals surface area contributed by atoms with Gasteiger partial charge in [-0.25, -0.2) is 13.1 Å². The van der Waals surface area contributed by atoms with Gasteiger partial charge in [0.05, 0.1) is 5.75 Å². The predicted octanol–water partition coefficient (Wildman–Crippen LogP) is 1.83. The van der Waals surface area contributed by atoms with Crippen LogP contribution in [0.2, 0.25) is 0 Å². The largest absolute Gasteiger partial charge is 0.323 e. The Morgan fingerprint density at radius 1 is 1.26 bits per heavy atom. The van der Waals surface area contributed by atoms with Gasteiger partial charge in [0.15, 0.2) is 0 Å². The van der Waals surface area contributed by atoms with Gasteiger partial charge in [0.2, 0.25) is 10.0 Å². The van der Waals surface area contributed by atoms with Crippen LogP contribution in [0, 0.1) is 5.92 Å². The Morgan fingerprint density at radius 2 is 1.89 bits per heavy atom. The standard InChI is InChI=1S/C13H20N2O2S.ClH/c14-13(12-4-2-1-3-5-12)10-15-18(16,17)9-8-11-6-7-11;/h1-5,11,13,15H,6-10,14H2;1H. The monoisotopic (exact) mass is 304 g/mol. The van der Waals surface area contributed by atoms with E-state index < -0.39 is 10.0 Å². The molecule has 1 atom stereocenters. The number of halogens is 1. The van der Waals surface area contributed by atoms with Crippen molar-refractivity contribution >= 4 is 22.4 Å². The quantitative estimate of drug-likeness (QED) is 0.807. The maximum Gasteiger partial charge on any atom is 0.211 e. The molecule has 19 heavy (non-hydrogen) atoms. The van der Waals surface area contributed by atoms with E-state index in [-0.39, 0.29) is 30.7 Å². The van der Waals surface area contributed by atoms with Crippen molar-refractivity contribution in [3.8, 4) is 0 Å². The third-order valence-corrected chi connectivity index (χ3v) is 4.62. The molecule has 0 radical (unpaired) electrons. The third-order valence-electron chi connectivity index (χ3n) is 3.24. The van der Waals surface area contributed by atoms with E-state index in [1.54, 1.807) is 0 Å². The van der Waals surface area contributed by atoms with Crippen LogP contribution in [-0.2, 0) is 10.0 Å². The lowest BCUT2D eigenvalue weighted by Gasteiger charge is -2.13. The van der Waals surface area contributed by atoms with Crippen molar-refractivity contribution in [1.82, 2.24) is 4.72 Å². The molecule has 6 heteroatoms. The summed E-state index contributed by atoms with van der Waals surface area (Å²) in [6.45, 7) is 0.261. The van der Waals surface area contributed by atoms with E-state index in [0.29, 0.717) is 5.92 Å². The van der Waals surface area contributed by atoms with Crippen molar-refractivity contribution in [3.05, 3.63) is 35.9 Å². The molecule has 0 aliphatic heterocycles. The highest BCUT2D eigenvalue weighted by molar-refractivity contribution is 7.89. The highest BCUT2D eigenvalue weighted by Gasteiger charge is 2.24. The van der Waals surface area contributed by atoms with Gasteiger partial charge in [-0.05, 0) is 17.9 Å². The second-order valence-corrected chi connectivity index (χ2v) is 6.84. The number of hydrogen-bond donors (Lipinski definition) is 2. The van der Waals surface area contributed by atoms with Gasteiger partial charge in [-0.1, -0.05) is 43.2 Å². The molecule has 0 saturated heterocycles. The van der Waals surface area contributed by atoms with Gasteiger partial charge in [-0.3, -0.25) is 0 Å². The van der Waals surface area contributed by atoms with Crippen molar-refractivity contribution < 1.29 is 8.42 Å². The SMILES string of the molecule is Cl.NC(CNS(=O)(=O)CCC1CC1)c1ccccc1. The molecule has 0 spiro atoms. The van der Waals surface area contributed by atoms with Gasteiger partial charge in [0.25, 0.3) is 0 Å². The van der Waals surface area contributed by atoms with Gasteiger partial charge in [-0.15, -0.1) is 12.4 Å². The van der Waals surface area contributed by atoms with E-state index in [1.807, 2.05) is 30.3 Å². The molecular formula is C13H21ClN2O2S. The minimum atomic E-state index is -3.17. The summed E-state index contributed by atoms with van der Waals surface area (Å²) in [6, 6.07) is 9.23. The average molecular weight is 305 g/mol. The number of hydrogen-bond acceptors (Lipinski definition) is 3. The lowest BCUT2D eigenvalue weighted by Crippen LogP contribution is -2.33. The molecule has 1 unspecified atom stereocenters. The Morgan fingerprint density at radius 3 is 2.47 bits per heavy atom. The van der Waals surface area contributed by atoms with E-state index in [0.717, 1.165) is 12.0 Å². The number of benzene rings is 1. The van der Waals surface area contributed by atoms with Crippen LogP contribution in [0.15, 0.2) is 30.3 Å². The molecule has 4 nitrogen and oxygen atoms in total. The topological polar surface area (TPSA) is 72.2 Å². The molecule has 0 heterocycles. The molecule has 0 amide bonds. The second kappa shape index (κ2) is 7.24. The van der Waals surface area contributed by atoms with Crippen LogP contribution in [-0.4, -0.2) is 20.7 Å². The summed E-state index contributed by atoms with van der Waals surface area (Å²) in [5.41, 5.74) is 6.89. The fourth-order valence-electron chi connectivity index (χ4n) is 1.84. The smallest absolute Gasteiger partial charge is 0.211 e. The summed E-state index contributed by atoms with van der Waals surface area (Å²) >= 11 is 0. The molecule has 0 bridgehead atoms.